The highest BCUT2D eigenvalue weighted by molar-refractivity contribution is 7.14. The third-order valence-corrected chi connectivity index (χ3v) is 5.14. The summed E-state index contributed by atoms with van der Waals surface area (Å²) in [6.07, 6.45) is 0. The zero-order chi connectivity index (χ0) is 19.6. The predicted molar refractivity (Wildman–Crippen MR) is 105 cm³/mol. The molecule has 7 heteroatoms. The molecule has 0 bridgehead atoms. The van der Waals surface area contributed by atoms with Crippen LogP contribution in [0.15, 0.2) is 47.8 Å². The van der Waals surface area contributed by atoms with Gasteiger partial charge in [0.1, 0.15) is 0 Å². The number of amides is 1. The number of thiazole rings is 1. The molecule has 1 amide bonds. The smallest absolute Gasteiger partial charge is 0.233 e. The van der Waals surface area contributed by atoms with Crippen LogP contribution in [-0.4, -0.2) is 10.9 Å². The van der Waals surface area contributed by atoms with E-state index in [2.05, 4.69) is 10.3 Å². The highest BCUT2D eigenvalue weighted by Crippen LogP contribution is 2.30. The van der Waals surface area contributed by atoms with Crippen molar-refractivity contribution in [3.8, 4) is 11.3 Å². The molecular weight excluding hydrogens is 390 g/mol. The maximum absolute atomic E-state index is 13.4. The highest BCUT2D eigenvalue weighted by Gasteiger charge is 2.25. The SMILES string of the molecule is CC(C)[C@H](C(=O)Nc1nc(-c2ccc(F)c(F)c2)cs1)c1ccc(Cl)cc1. The molecule has 1 N–H and O–H groups in total. The number of benzene rings is 2. The van der Waals surface area contributed by atoms with Gasteiger partial charge in [-0.05, 0) is 41.8 Å². The summed E-state index contributed by atoms with van der Waals surface area (Å²) < 4.78 is 26.5. The average molecular weight is 407 g/mol. The third-order valence-electron chi connectivity index (χ3n) is 4.13. The number of hydrogen-bond donors (Lipinski definition) is 1. The van der Waals surface area contributed by atoms with Gasteiger partial charge in [-0.25, -0.2) is 13.8 Å². The van der Waals surface area contributed by atoms with Crippen LogP contribution in [0.3, 0.4) is 0 Å². The van der Waals surface area contributed by atoms with Gasteiger partial charge in [-0.2, -0.15) is 0 Å². The van der Waals surface area contributed by atoms with Crippen LogP contribution in [0.5, 0.6) is 0 Å². The van der Waals surface area contributed by atoms with Crippen molar-refractivity contribution in [3.05, 3.63) is 70.1 Å². The number of carbonyl (C=O) groups is 1. The van der Waals surface area contributed by atoms with Crippen molar-refractivity contribution in [1.29, 1.82) is 0 Å². The molecule has 1 atom stereocenters. The number of rotatable bonds is 5. The summed E-state index contributed by atoms with van der Waals surface area (Å²) in [5, 5.41) is 5.52. The Hall–Kier alpha value is -2.31. The van der Waals surface area contributed by atoms with Crippen molar-refractivity contribution >= 4 is 34.0 Å². The second kappa shape index (κ2) is 8.15. The Morgan fingerprint density at radius 3 is 2.44 bits per heavy atom. The standard InChI is InChI=1S/C20H17ClF2N2OS/c1-11(2)18(12-3-6-14(21)7-4-12)19(26)25-20-24-17(10-27-20)13-5-8-15(22)16(23)9-13/h3-11,18H,1-2H3,(H,24,25,26)/t18-/m0/s1. The first kappa shape index (κ1) is 19.5. The molecular formula is C20H17ClF2N2OS. The lowest BCUT2D eigenvalue weighted by Crippen LogP contribution is -2.25. The van der Waals surface area contributed by atoms with Crippen LogP contribution in [0.25, 0.3) is 11.3 Å². The lowest BCUT2D eigenvalue weighted by atomic mass is 9.88. The Morgan fingerprint density at radius 1 is 1.11 bits per heavy atom. The lowest BCUT2D eigenvalue weighted by Gasteiger charge is -2.20. The topological polar surface area (TPSA) is 42.0 Å². The summed E-state index contributed by atoms with van der Waals surface area (Å²) in [5.74, 6) is -2.33. The zero-order valence-corrected chi connectivity index (χ0v) is 16.2. The van der Waals surface area contributed by atoms with E-state index in [1.54, 1.807) is 17.5 Å². The number of carbonyl (C=O) groups excluding carboxylic acids is 1. The molecule has 0 aliphatic rings. The first-order chi connectivity index (χ1) is 12.8. The van der Waals surface area contributed by atoms with Crippen LogP contribution in [0.4, 0.5) is 13.9 Å². The van der Waals surface area contributed by atoms with E-state index >= 15 is 0 Å². The summed E-state index contributed by atoms with van der Waals surface area (Å²) in [6.45, 7) is 3.93. The highest BCUT2D eigenvalue weighted by atomic mass is 35.5. The fourth-order valence-corrected chi connectivity index (χ4v) is 3.66. The van der Waals surface area contributed by atoms with E-state index < -0.39 is 11.6 Å². The van der Waals surface area contributed by atoms with Crippen molar-refractivity contribution in [2.24, 2.45) is 5.92 Å². The van der Waals surface area contributed by atoms with Crippen molar-refractivity contribution in [2.45, 2.75) is 19.8 Å². The van der Waals surface area contributed by atoms with Crippen LogP contribution in [0.1, 0.15) is 25.3 Å². The van der Waals surface area contributed by atoms with Gasteiger partial charge in [0, 0.05) is 16.0 Å². The second-order valence-electron chi connectivity index (χ2n) is 6.43. The van der Waals surface area contributed by atoms with Crippen molar-refractivity contribution < 1.29 is 13.6 Å². The maximum Gasteiger partial charge on any atom is 0.233 e. The normalized spacial score (nSPS) is 12.2. The molecule has 0 aliphatic carbocycles. The van der Waals surface area contributed by atoms with Gasteiger partial charge in [0.15, 0.2) is 16.8 Å². The van der Waals surface area contributed by atoms with E-state index in [0.717, 1.165) is 17.7 Å². The molecule has 3 aromatic rings. The average Bonchev–Trinajstić information content (AvgIpc) is 3.07. The van der Waals surface area contributed by atoms with Gasteiger partial charge >= 0.3 is 0 Å². The Balaban J connectivity index is 1.79. The quantitative estimate of drug-likeness (QED) is 0.554. The molecule has 0 spiro atoms. The minimum atomic E-state index is -0.936. The molecule has 27 heavy (non-hydrogen) atoms. The van der Waals surface area contributed by atoms with E-state index in [-0.39, 0.29) is 17.7 Å². The molecule has 0 aliphatic heterocycles. The van der Waals surface area contributed by atoms with Gasteiger partial charge in [-0.3, -0.25) is 4.79 Å². The fourth-order valence-electron chi connectivity index (χ4n) is 2.81. The lowest BCUT2D eigenvalue weighted by molar-refractivity contribution is -0.118. The van der Waals surface area contributed by atoms with Gasteiger partial charge in [-0.1, -0.05) is 37.6 Å². The summed E-state index contributed by atoms with van der Waals surface area (Å²) in [4.78, 5) is 17.1. The molecule has 3 rings (SSSR count). The minimum absolute atomic E-state index is 0.0665. The van der Waals surface area contributed by atoms with Crippen molar-refractivity contribution in [1.82, 2.24) is 4.98 Å². The van der Waals surface area contributed by atoms with E-state index in [1.807, 2.05) is 26.0 Å². The number of nitrogens with one attached hydrogen (secondary N) is 1. The maximum atomic E-state index is 13.4. The number of nitrogens with zero attached hydrogens (tertiary/aromatic N) is 1. The number of hydrogen-bond acceptors (Lipinski definition) is 3. The summed E-state index contributed by atoms with van der Waals surface area (Å²) >= 11 is 7.16. The molecule has 3 nitrogen and oxygen atoms in total. The molecule has 0 fully saturated rings. The van der Waals surface area contributed by atoms with E-state index in [1.165, 1.54) is 17.4 Å². The predicted octanol–water partition coefficient (Wildman–Crippen LogP) is 6.12. The molecule has 1 aromatic heterocycles. The van der Waals surface area contributed by atoms with E-state index in [4.69, 9.17) is 11.6 Å². The Kier molecular flexibility index (Phi) is 5.87. The van der Waals surface area contributed by atoms with Gasteiger partial charge in [0.2, 0.25) is 5.91 Å². The number of anilines is 1. The number of halogens is 3. The number of aromatic nitrogens is 1. The minimum Gasteiger partial charge on any atom is -0.301 e. The van der Waals surface area contributed by atoms with Crippen LogP contribution in [0.2, 0.25) is 5.02 Å². The Labute approximate surface area is 165 Å². The first-order valence-electron chi connectivity index (χ1n) is 8.32. The van der Waals surface area contributed by atoms with Crippen molar-refractivity contribution in [2.75, 3.05) is 5.32 Å². The third kappa shape index (κ3) is 4.51. The van der Waals surface area contributed by atoms with E-state index in [0.29, 0.717) is 21.4 Å². The summed E-state index contributed by atoms with van der Waals surface area (Å²) in [7, 11) is 0. The fraction of sp³-hybridized carbons (Fsp3) is 0.200. The van der Waals surface area contributed by atoms with Gasteiger partial charge in [0.05, 0.1) is 11.6 Å². The van der Waals surface area contributed by atoms with Gasteiger partial charge in [0.25, 0.3) is 0 Å². The molecule has 140 valence electrons. The van der Waals surface area contributed by atoms with Crippen molar-refractivity contribution in [3.63, 3.8) is 0 Å². The van der Waals surface area contributed by atoms with Gasteiger partial charge < -0.3 is 5.32 Å². The van der Waals surface area contributed by atoms with Gasteiger partial charge in [-0.15, -0.1) is 11.3 Å². The first-order valence-corrected chi connectivity index (χ1v) is 9.58. The van der Waals surface area contributed by atoms with Crippen LogP contribution in [-0.2, 0) is 4.79 Å². The zero-order valence-electron chi connectivity index (χ0n) is 14.7. The molecule has 0 saturated carbocycles. The molecule has 0 unspecified atom stereocenters. The molecule has 2 aromatic carbocycles. The van der Waals surface area contributed by atoms with Crippen LogP contribution < -0.4 is 5.32 Å². The summed E-state index contributed by atoms with van der Waals surface area (Å²) in [5.41, 5.74) is 1.79. The molecule has 1 heterocycles. The van der Waals surface area contributed by atoms with Crippen LogP contribution in [0, 0.1) is 17.6 Å². The second-order valence-corrected chi connectivity index (χ2v) is 7.72. The van der Waals surface area contributed by atoms with E-state index in [9.17, 15) is 13.6 Å². The molecule has 0 radical (unpaired) electrons. The summed E-state index contributed by atoms with van der Waals surface area (Å²) in [6, 6.07) is 10.8. The Morgan fingerprint density at radius 2 is 1.81 bits per heavy atom. The molecule has 0 saturated heterocycles. The van der Waals surface area contributed by atoms with Crippen LogP contribution >= 0.6 is 22.9 Å². The Bertz CT molecular complexity index is 957. The monoisotopic (exact) mass is 406 g/mol. The largest absolute Gasteiger partial charge is 0.301 e.